The van der Waals surface area contributed by atoms with Crippen LogP contribution in [0.4, 0.5) is 0 Å². The number of rotatable bonds is 3. The minimum atomic E-state index is 0.656. The van der Waals surface area contributed by atoms with E-state index < -0.39 is 0 Å². The van der Waals surface area contributed by atoms with Crippen LogP contribution in [0.15, 0.2) is 15.2 Å². The van der Waals surface area contributed by atoms with Gasteiger partial charge in [-0.25, -0.2) is 0 Å². The highest BCUT2D eigenvalue weighted by molar-refractivity contribution is 9.11. The van der Waals surface area contributed by atoms with Crippen molar-refractivity contribution in [3.8, 4) is 0 Å². The summed E-state index contributed by atoms with van der Waals surface area (Å²) in [4.78, 5) is 2.42. The minimum Gasteiger partial charge on any atom is -0.309 e. The second kappa shape index (κ2) is 4.95. The molecular weight excluding hydrogens is 272 g/mol. The van der Waals surface area contributed by atoms with Gasteiger partial charge in [-0.05, 0) is 53.3 Å². The molecule has 0 saturated carbocycles. The highest BCUT2D eigenvalue weighted by Gasteiger charge is 2.25. The minimum absolute atomic E-state index is 0.656. The molecule has 0 radical (unpaired) electrons. The fraction of sp³-hybridized carbons (Fsp3) is 0.636. The Balaban J connectivity index is 1.79. The van der Waals surface area contributed by atoms with Gasteiger partial charge in [0.25, 0.3) is 0 Å². The molecule has 1 aliphatic rings. The fourth-order valence-corrected chi connectivity index (χ4v) is 3.25. The van der Waals surface area contributed by atoms with Gasteiger partial charge in [-0.2, -0.15) is 0 Å². The Hall–Kier alpha value is 0.1000. The van der Waals surface area contributed by atoms with Crippen molar-refractivity contribution in [2.45, 2.75) is 32.0 Å². The maximum Gasteiger partial charge on any atom is 0.0701 e. The Labute approximate surface area is 104 Å². The lowest BCUT2D eigenvalue weighted by atomic mass is 10.2. The summed E-state index contributed by atoms with van der Waals surface area (Å²) < 4.78 is 1.22. The molecule has 0 aliphatic carbocycles. The van der Waals surface area contributed by atoms with Crippen LogP contribution in [-0.2, 0) is 6.54 Å². The van der Waals surface area contributed by atoms with E-state index in [0.717, 1.165) is 12.6 Å². The lowest BCUT2D eigenvalue weighted by Gasteiger charge is -2.13. The summed E-state index contributed by atoms with van der Waals surface area (Å²) in [7, 11) is 2.20. The van der Waals surface area contributed by atoms with Crippen LogP contribution in [0, 0.1) is 0 Å². The summed E-state index contributed by atoms with van der Waals surface area (Å²) in [5.74, 6) is 0. The number of hydrogen-bond acceptors (Lipinski definition) is 3. The molecule has 1 aliphatic heterocycles. The first-order valence-electron chi connectivity index (χ1n) is 5.31. The molecule has 84 valence electrons. The van der Waals surface area contributed by atoms with Gasteiger partial charge in [-0.15, -0.1) is 11.3 Å². The third kappa shape index (κ3) is 3.03. The molecule has 15 heavy (non-hydrogen) atoms. The van der Waals surface area contributed by atoms with Gasteiger partial charge in [0.2, 0.25) is 0 Å². The number of halogens is 1. The highest BCUT2D eigenvalue weighted by Crippen LogP contribution is 2.21. The van der Waals surface area contributed by atoms with E-state index in [-0.39, 0.29) is 0 Å². The summed E-state index contributed by atoms with van der Waals surface area (Å²) in [6, 6.07) is 3.57. The van der Waals surface area contributed by atoms with Gasteiger partial charge in [0.15, 0.2) is 0 Å². The van der Waals surface area contributed by atoms with Crippen LogP contribution in [0.1, 0.15) is 18.9 Å². The summed E-state index contributed by atoms with van der Waals surface area (Å²) in [5.41, 5.74) is 1.38. The van der Waals surface area contributed by atoms with Crippen molar-refractivity contribution in [1.82, 2.24) is 10.2 Å². The number of nitrogens with zero attached hydrogens (tertiary/aromatic N) is 1. The smallest absolute Gasteiger partial charge is 0.0701 e. The molecule has 1 fully saturated rings. The van der Waals surface area contributed by atoms with E-state index >= 15 is 0 Å². The average molecular weight is 289 g/mol. The maximum absolute atomic E-state index is 3.62. The lowest BCUT2D eigenvalue weighted by molar-refractivity contribution is 0.326. The summed E-state index contributed by atoms with van der Waals surface area (Å²) in [5, 5.41) is 5.82. The van der Waals surface area contributed by atoms with Gasteiger partial charge in [-0.3, -0.25) is 0 Å². The lowest BCUT2D eigenvalue weighted by Crippen LogP contribution is -2.30. The number of nitrogens with one attached hydrogen (secondary N) is 1. The van der Waals surface area contributed by atoms with Gasteiger partial charge < -0.3 is 10.2 Å². The molecule has 2 atom stereocenters. The summed E-state index contributed by atoms with van der Waals surface area (Å²) >= 11 is 5.24. The Morgan fingerprint density at radius 1 is 1.67 bits per heavy atom. The number of hydrogen-bond donors (Lipinski definition) is 1. The van der Waals surface area contributed by atoms with Crippen molar-refractivity contribution in [3.63, 3.8) is 0 Å². The van der Waals surface area contributed by atoms with Crippen LogP contribution in [0.2, 0.25) is 0 Å². The van der Waals surface area contributed by atoms with Crippen LogP contribution < -0.4 is 5.32 Å². The van der Waals surface area contributed by atoms with Crippen molar-refractivity contribution in [2.24, 2.45) is 0 Å². The normalized spacial score (nSPS) is 27.4. The molecule has 0 aromatic carbocycles. The molecule has 1 aromatic heterocycles. The first kappa shape index (κ1) is 11.6. The van der Waals surface area contributed by atoms with Gasteiger partial charge in [0, 0.05) is 25.2 Å². The van der Waals surface area contributed by atoms with Gasteiger partial charge in [0.1, 0.15) is 0 Å². The number of thiophene rings is 1. The van der Waals surface area contributed by atoms with E-state index in [4.69, 9.17) is 0 Å². The van der Waals surface area contributed by atoms with Crippen molar-refractivity contribution >= 4 is 27.3 Å². The number of likely N-dealkylation sites (tertiary alicyclic amines) is 1. The highest BCUT2D eigenvalue weighted by atomic mass is 79.9. The molecule has 1 saturated heterocycles. The second-order valence-electron chi connectivity index (χ2n) is 4.36. The number of likely N-dealkylation sites (N-methyl/N-ethyl adjacent to an activating group) is 1. The first-order valence-corrected chi connectivity index (χ1v) is 6.99. The quantitative estimate of drug-likeness (QED) is 0.920. The van der Waals surface area contributed by atoms with E-state index in [1.807, 2.05) is 0 Å². The Morgan fingerprint density at radius 2 is 2.47 bits per heavy atom. The van der Waals surface area contributed by atoms with Crippen LogP contribution in [0.5, 0.6) is 0 Å². The van der Waals surface area contributed by atoms with E-state index in [9.17, 15) is 0 Å². The van der Waals surface area contributed by atoms with E-state index in [0.29, 0.717) is 6.04 Å². The van der Waals surface area contributed by atoms with E-state index in [2.05, 4.69) is 51.6 Å². The van der Waals surface area contributed by atoms with Crippen LogP contribution in [0.25, 0.3) is 0 Å². The molecule has 4 heteroatoms. The van der Waals surface area contributed by atoms with Crippen molar-refractivity contribution < 1.29 is 0 Å². The fourth-order valence-electron chi connectivity index (χ4n) is 2.04. The Bertz CT molecular complexity index is 316. The standard InChI is InChI=1S/C11H17BrN2S/c1-8-3-10(6-14(8)2)13-5-9-4-11(12)15-7-9/h4,7-8,10,13H,3,5-6H2,1-2H3. The third-order valence-electron chi connectivity index (χ3n) is 3.10. The van der Waals surface area contributed by atoms with Crippen LogP contribution >= 0.6 is 27.3 Å². The molecule has 2 heterocycles. The van der Waals surface area contributed by atoms with Crippen LogP contribution in [0.3, 0.4) is 0 Å². The van der Waals surface area contributed by atoms with Crippen molar-refractivity contribution in [1.29, 1.82) is 0 Å². The van der Waals surface area contributed by atoms with Gasteiger partial charge in [0.05, 0.1) is 3.79 Å². The molecule has 2 nitrogen and oxygen atoms in total. The topological polar surface area (TPSA) is 15.3 Å². The van der Waals surface area contributed by atoms with Crippen molar-refractivity contribution in [3.05, 3.63) is 20.8 Å². The molecule has 2 unspecified atom stereocenters. The largest absolute Gasteiger partial charge is 0.309 e. The maximum atomic E-state index is 3.62. The monoisotopic (exact) mass is 288 g/mol. The predicted octanol–water partition coefficient (Wildman–Crippen LogP) is 2.69. The summed E-state index contributed by atoms with van der Waals surface area (Å²) in [6.45, 7) is 4.46. The zero-order valence-corrected chi connectivity index (χ0v) is 11.6. The molecule has 2 rings (SSSR count). The summed E-state index contributed by atoms with van der Waals surface area (Å²) in [6.07, 6.45) is 1.27. The Morgan fingerprint density at radius 3 is 3.00 bits per heavy atom. The van der Waals surface area contributed by atoms with E-state index in [1.165, 1.54) is 22.3 Å². The van der Waals surface area contributed by atoms with Crippen molar-refractivity contribution in [2.75, 3.05) is 13.6 Å². The molecule has 0 bridgehead atoms. The first-order chi connectivity index (χ1) is 7.15. The SMILES string of the molecule is CC1CC(NCc2csc(Br)c2)CN1C. The average Bonchev–Trinajstić information content (AvgIpc) is 2.72. The molecule has 1 N–H and O–H groups in total. The van der Waals surface area contributed by atoms with Gasteiger partial charge >= 0.3 is 0 Å². The zero-order chi connectivity index (χ0) is 10.8. The van der Waals surface area contributed by atoms with Gasteiger partial charge in [-0.1, -0.05) is 0 Å². The Kier molecular flexibility index (Phi) is 3.83. The zero-order valence-electron chi connectivity index (χ0n) is 9.16. The van der Waals surface area contributed by atoms with E-state index in [1.54, 1.807) is 11.3 Å². The second-order valence-corrected chi connectivity index (χ2v) is 6.65. The molecular formula is C11H17BrN2S. The molecule has 0 spiro atoms. The molecule has 1 aromatic rings. The predicted molar refractivity (Wildman–Crippen MR) is 69.4 cm³/mol. The third-order valence-corrected chi connectivity index (χ3v) is 4.66. The molecule has 0 amide bonds. The van der Waals surface area contributed by atoms with Crippen LogP contribution in [-0.4, -0.2) is 30.6 Å².